The van der Waals surface area contributed by atoms with Gasteiger partial charge in [-0.25, -0.2) is 0 Å². The van der Waals surface area contributed by atoms with Crippen molar-refractivity contribution in [2.24, 2.45) is 11.8 Å². The summed E-state index contributed by atoms with van der Waals surface area (Å²) >= 11 is 1.52. The molecule has 1 fully saturated rings. The van der Waals surface area contributed by atoms with Gasteiger partial charge in [-0.15, -0.1) is 11.3 Å². The molecule has 0 bridgehead atoms. The van der Waals surface area contributed by atoms with Crippen LogP contribution in [0.25, 0.3) is 5.57 Å². The molecule has 0 saturated carbocycles. The van der Waals surface area contributed by atoms with Crippen LogP contribution in [0, 0.1) is 11.8 Å². The smallest absolute Gasteiger partial charge is 0.278 e. The first-order chi connectivity index (χ1) is 13.0. The molecule has 1 aromatic heterocycles. The number of carbonyl (C=O) groups excluding carboxylic acids is 2. The second-order valence-electron chi connectivity index (χ2n) is 7.73. The number of piperidine rings is 1. The van der Waals surface area contributed by atoms with E-state index >= 15 is 0 Å². The molecule has 2 aliphatic heterocycles. The summed E-state index contributed by atoms with van der Waals surface area (Å²) in [6.07, 6.45) is 1.16. The van der Waals surface area contributed by atoms with Crippen LogP contribution < -0.4 is 0 Å². The van der Waals surface area contributed by atoms with Gasteiger partial charge in [0.2, 0.25) is 0 Å². The Morgan fingerprint density at radius 3 is 2.30 bits per heavy atom. The number of benzene rings is 1. The molecule has 0 spiro atoms. The Labute approximate surface area is 164 Å². The highest BCUT2D eigenvalue weighted by Crippen LogP contribution is 2.37. The van der Waals surface area contributed by atoms with Crippen LogP contribution in [-0.4, -0.2) is 34.7 Å². The van der Waals surface area contributed by atoms with E-state index in [-0.39, 0.29) is 11.8 Å². The second kappa shape index (κ2) is 7.31. The van der Waals surface area contributed by atoms with Gasteiger partial charge in [-0.2, -0.15) is 0 Å². The van der Waals surface area contributed by atoms with Crippen molar-refractivity contribution in [3.8, 4) is 0 Å². The number of amides is 2. The fourth-order valence-electron chi connectivity index (χ4n) is 4.25. The molecule has 2 unspecified atom stereocenters. The van der Waals surface area contributed by atoms with Gasteiger partial charge in [0.15, 0.2) is 0 Å². The van der Waals surface area contributed by atoms with E-state index in [2.05, 4.69) is 18.7 Å². The zero-order valence-electron chi connectivity index (χ0n) is 15.7. The van der Waals surface area contributed by atoms with Gasteiger partial charge in [-0.3, -0.25) is 14.5 Å². The van der Waals surface area contributed by atoms with Gasteiger partial charge in [-0.1, -0.05) is 50.2 Å². The lowest BCUT2D eigenvalue weighted by molar-refractivity contribution is -0.138. The highest BCUT2D eigenvalue weighted by atomic mass is 32.1. The first kappa shape index (κ1) is 18.0. The van der Waals surface area contributed by atoms with Gasteiger partial charge in [-0.05, 0) is 35.3 Å². The van der Waals surface area contributed by atoms with E-state index in [1.807, 2.05) is 47.8 Å². The van der Waals surface area contributed by atoms with Crippen molar-refractivity contribution >= 4 is 28.7 Å². The number of thiophene rings is 1. The first-order valence-electron chi connectivity index (χ1n) is 9.47. The van der Waals surface area contributed by atoms with Crippen LogP contribution in [0.15, 0.2) is 53.5 Å². The van der Waals surface area contributed by atoms with Crippen LogP contribution >= 0.6 is 11.3 Å². The van der Waals surface area contributed by atoms with E-state index in [1.54, 1.807) is 0 Å². The lowest BCUT2D eigenvalue weighted by Gasteiger charge is -2.37. The third-order valence-electron chi connectivity index (χ3n) is 5.28. The molecule has 4 rings (SSSR count). The molecule has 3 heterocycles. The van der Waals surface area contributed by atoms with Crippen LogP contribution in [0.2, 0.25) is 0 Å². The van der Waals surface area contributed by atoms with Crippen LogP contribution in [0.4, 0.5) is 0 Å². The summed E-state index contributed by atoms with van der Waals surface area (Å²) in [6, 6.07) is 13.6. The minimum absolute atomic E-state index is 0.159. The molecule has 1 aromatic carbocycles. The summed E-state index contributed by atoms with van der Waals surface area (Å²) < 4.78 is 0. The molecule has 5 heteroatoms. The number of likely N-dealkylation sites (tertiary alicyclic amines) is 1. The zero-order chi connectivity index (χ0) is 19.0. The standard InChI is InChI=1S/C22H24N2O2S/c1-15-11-16(2)13-23(12-15)20-19(18-9-6-10-27-18)21(25)24(22(20)26)14-17-7-4-3-5-8-17/h3-10,15-16H,11-14H2,1-2H3. The molecule has 2 amide bonds. The molecule has 4 nitrogen and oxygen atoms in total. The molecular formula is C22H24N2O2S. The number of imide groups is 1. The van der Waals surface area contributed by atoms with Gasteiger partial charge in [0, 0.05) is 18.0 Å². The molecule has 2 atom stereocenters. The summed E-state index contributed by atoms with van der Waals surface area (Å²) in [4.78, 5) is 31.0. The van der Waals surface area contributed by atoms with Crippen LogP contribution in [0.1, 0.15) is 30.7 Å². The van der Waals surface area contributed by atoms with Gasteiger partial charge >= 0.3 is 0 Å². The average Bonchev–Trinajstić information content (AvgIpc) is 3.24. The van der Waals surface area contributed by atoms with Gasteiger partial charge < -0.3 is 4.90 Å². The van der Waals surface area contributed by atoms with Crippen molar-refractivity contribution in [2.45, 2.75) is 26.8 Å². The third-order valence-corrected chi connectivity index (χ3v) is 6.17. The molecule has 0 radical (unpaired) electrons. The average molecular weight is 381 g/mol. The Balaban J connectivity index is 1.72. The molecule has 0 N–H and O–H groups in total. The van der Waals surface area contributed by atoms with Gasteiger partial charge in [0.25, 0.3) is 11.8 Å². The SMILES string of the molecule is CC1CC(C)CN(C2=C(c3cccs3)C(=O)N(Cc3ccccc3)C2=O)C1. The number of carbonyl (C=O) groups is 2. The van der Waals surface area contributed by atoms with Crippen LogP contribution in [0.3, 0.4) is 0 Å². The maximum Gasteiger partial charge on any atom is 0.278 e. The van der Waals surface area contributed by atoms with Crippen molar-refractivity contribution in [2.75, 3.05) is 13.1 Å². The Morgan fingerprint density at radius 1 is 0.963 bits per heavy atom. The maximum absolute atomic E-state index is 13.3. The molecule has 1 saturated heterocycles. The van der Waals surface area contributed by atoms with E-state index in [4.69, 9.17) is 0 Å². The number of hydrogen-bond donors (Lipinski definition) is 0. The minimum Gasteiger partial charge on any atom is -0.366 e. The Morgan fingerprint density at radius 2 is 1.67 bits per heavy atom. The lowest BCUT2D eigenvalue weighted by Crippen LogP contribution is -2.41. The summed E-state index contributed by atoms with van der Waals surface area (Å²) in [7, 11) is 0. The van der Waals surface area contributed by atoms with Crippen molar-refractivity contribution in [1.82, 2.24) is 9.80 Å². The number of rotatable bonds is 4. The van der Waals surface area contributed by atoms with E-state index in [9.17, 15) is 9.59 Å². The van der Waals surface area contributed by atoms with Crippen molar-refractivity contribution in [3.63, 3.8) is 0 Å². The lowest BCUT2D eigenvalue weighted by atomic mass is 9.91. The molecule has 140 valence electrons. The predicted molar refractivity (Wildman–Crippen MR) is 108 cm³/mol. The fourth-order valence-corrected chi connectivity index (χ4v) is 5.02. The maximum atomic E-state index is 13.3. The third kappa shape index (κ3) is 3.44. The summed E-state index contributed by atoms with van der Waals surface area (Å²) in [5, 5.41) is 1.96. The Hall–Kier alpha value is -2.40. The monoisotopic (exact) mass is 380 g/mol. The predicted octanol–water partition coefficient (Wildman–Crippen LogP) is 4.01. The second-order valence-corrected chi connectivity index (χ2v) is 8.68. The zero-order valence-corrected chi connectivity index (χ0v) is 16.5. The first-order valence-corrected chi connectivity index (χ1v) is 10.4. The number of nitrogens with zero attached hydrogens (tertiary/aromatic N) is 2. The number of hydrogen-bond acceptors (Lipinski definition) is 4. The van der Waals surface area contributed by atoms with E-state index < -0.39 is 0 Å². The Kier molecular flexibility index (Phi) is 4.87. The van der Waals surface area contributed by atoms with Crippen LogP contribution in [-0.2, 0) is 16.1 Å². The topological polar surface area (TPSA) is 40.6 Å². The van der Waals surface area contributed by atoms with E-state index in [0.29, 0.717) is 29.7 Å². The van der Waals surface area contributed by atoms with Crippen molar-refractivity contribution < 1.29 is 9.59 Å². The largest absolute Gasteiger partial charge is 0.366 e. The van der Waals surface area contributed by atoms with Crippen molar-refractivity contribution in [3.05, 3.63) is 64.0 Å². The normalized spacial score (nSPS) is 23.5. The van der Waals surface area contributed by atoms with E-state index in [0.717, 1.165) is 30.0 Å². The highest BCUT2D eigenvalue weighted by molar-refractivity contribution is 7.11. The molecule has 2 aliphatic rings. The molecular weight excluding hydrogens is 356 g/mol. The van der Waals surface area contributed by atoms with Gasteiger partial charge in [0.05, 0.1) is 12.1 Å². The quantitative estimate of drug-likeness (QED) is 0.753. The summed E-state index contributed by atoms with van der Waals surface area (Å²) in [5.41, 5.74) is 2.13. The molecule has 27 heavy (non-hydrogen) atoms. The van der Waals surface area contributed by atoms with Crippen molar-refractivity contribution in [1.29, 1.82) is 0 Å². The van der Waals surface area contributed by atoms with Crippen LogP contribution in [0.5, 0.6) is 0 Å². The summed E-state index contributed by atoms with van der Waals surface area (Å²) in [5.74, 6) is 0.689. The van der Waals surface area contributed by atoms with Gasteiger partial charge in [0.1, 0.15) is 5.70 Å². The highest BCUT2D eigenvalue weighted by Gasteiger charge is 2.43. The minimum atomic E-state index is -0.174. The fraction of sp³-hybridized carbons (Fsp3) is 0.364. The van der Waals surface area contributed by atoms with E-state index in [1.165, 1.54) is 16.2 Å². The summed E-state index contributed by atoms with van der Waals surface area (Å²) in [6.45, 7) is 6.41. The molecule has 2 aromatic rings. The molecule has 0 aliphatic carbocycles. The Bertz CT molecular complexity index is 863.